The molecule has 0 aliphatic heterocycles. The van der Waals surface area contributed by atoms with Gasteiger partial charge >= 0.3 is 0 Å². The van der Waals surface area contributed by atoms with Crippen LogP contribution in [0.3, 0.4) is 0 Å². The van der Waals surface area contributed by atoms with Crippen molar-refractivity contribution in [2.75, 3.05) is 0 Å². The molecule has 58 valence electrons. The molecule has 0 unspecified atom stereocenters. The molecule has 1 heteroatoms. The van der Waals surface area contributed by atoms with Crippen LogP contribution in [0.5, 0.6) is 0 Å². The Morgan fingerprint density at radius 1 is 1.45 bits per heavy atom. The maximum atomic E-state index is 2.23. The number of aryl methyl sites for hydroxylation is 1. The molecular formula is C10H11I. The lowest BCUT2D eigenvalue weighted by atomic mass is 10.1. The van der Waals surface area contributed by atoms with Gasteiger partial charge in [0.05, 0.1) is 0 Å². The van der Waals surface area contributed by atoms with Crippen molar-refractivity contribution >= 4 is 28.7 Å². The molecule has 0 nitrogen and oxygen atoms in total. The highest BCUT2D eigenvalue weighted by Crippen LogP contribution is 2.08. The molecule has 0 saturated heterocycles. The van der Waals surface area contributed by atoms with Gasteiger partial charge in [0, 0.05) is 0 Å². The van der Waals surface area contributed by atoms with Crippen LogP contribution in [0, 0.1) is 0 Å². The van der Waals surface area contributed by atoms with Gasteiger partial charge in [-0.05, 0) is 27.7 Å². The van der Waals surface area contributed by atoms with Gasteiger partial charge in [-0.15, -0.1) is 0 Å². The molecular weight excluding hydrogens is 247 g/mol. The van der Waals surface area contributed by atoms with Crippen LogP contribution in [-0.4, -0.2) is 0 Å². The van der Waals surface area contributed by atoms with E-state index in [1.165, 1.54) is 11.1 Å². The van der Waals surface area contributed by atoms with Gasteiger partial charge in [-0.1, -0.05) is 53.8 Å². The molecule has 0 atom stereocenters. The normalized spacial score (nSPS) is 10.7. The Kier molecular flexibility index (Phi) is 3.63. The molecule has 0 fully saturated rings. The summed E-state index contributed by atoms with van der Waals surface area (Å²) in [6, 6.07) is 8.60. The second-order valence-corrected chi connectivity index (χ2v) is 3.11. The van der Waals surface area contributed by atoms with E-state index in [2.05, 4.69) is 59.9 Å². The topological polar surface area (TPSA) is 0 Å². The molecule has 1 aromatic carbocycles. The highest BCUT2D eigenvalue weighted by Gasteiger charge is 1.88. The average Bonchev–Trinajstić information content (AvgIpc) is 2.06. The molecule has 0 bridgehead atoms. The van der Waals surface area contributed by atoms with Gasteiger partial charge < -0.3 is 0 Å². The summed E-state index contributed by atoms with van der Waals surface area (Å²) in [7, 11) is 0. The highest BCUT2D eigenvalue weighted by atomic mass is 127. The van der Waals surface area contributed by atoms with E-state index in [4.69, 9.17) is 0 Å². The maximum Gasteiger partial charge on any atom is -0.0228 e. The lowest BCUT2D eigenvalue weighted by Gasteiger charge is -1.96. The van der Waals surface area contributed by atoms with E-state index in [0.717, 1.165) is 6.42 Å². The minimum Gasteiger partial charge on any atom is -0.0614 e. The summed E-state index contributed by atoms with van der Waals surface area (Å²) in [6.45, 7) is 2.17. The quantitative estimate of drug-likeness (QED) is 0.710. The van der Waals surface area contributed by atoms with Crippen molar-refractivity contribution in [1.29, 1.82) is 0 Å². The van der Waals surface area contributed by atoms with E-state index in [-0.39, 0.29) is 0 Å². The van der Waals surface area contributed by atoms with E-state index in [0.29, 0.717) is 0 Å². The predicted octanol–water partition coefficient (Wildman–Crippen LogP) is 3.65. The molecule has 0 radical (unpaired) electrons. The average molecular weight is 258 g/mol. The zero-order valence-electron chi connectivity index (χ0n) is 6.55. The molecule has 0 aromatic heterocycles. The van der Waals surface area contributed by atoms with Crippen LogP contribution < -0.4 is 0 Å². The van der Waals surface area contributed by atoms with Crippen molar-refractivity contribution in [1.82, 2.24) is 0 Å². The Bertz CT molecular complexity index is 251. The lowest BCUT2D eigenvalue weighted by molar-refractivity contribution is 1.14. The summed E-state index contributed by atoms with van der Waals surface area (Å²) < 4.78 is 2.03. The van der Waals surface area contributed by atoms with Crippen molar-refractivity contribution < 1.29 is 0 Å². The van der Waals surface area contributed by atoms with Crippen molar-refractivity contribution in [3.8, 4) is 0 Å². The third-order valence-corrected chi connectivity index (χ3v) is 1.97. The summed E-state index contributed by atoms with van der Waals surface area (Å²) in [5.41, 5.74) is 2.69. The van der Waals surface area contributed by atoms with E-state index in [9.17, 15) is 0 Å². The fourth-order valence-electron chi connectivity index (χ4n) is 0.989. The first kappa shape index (κ1) is 8.78. The predicted molar refractivity (Wildman–Crippen MR) is 58.9 cm³/mol. The van der Waals surface area contributed by atoms with Gasteiger partial charge in [0.25, 0.3) is 0 Å². The minimum atomic E-state index is 1.11. The van der Waals surface area contributed by atoms with E-state index >= 15 is 0 Å². The molecule has 0 amide bonds. The number of hydrogen-bond acceptors (Lipinski definition) is 0. The number of hydrogen-bond donors (Lipinski definition) is 0. The first-order chi connectivity index (χ1) is 5.36. The van der Waals surface area contributed by atoms with Crippen LogP contribution in [0.2, 0.25) is 0 Å². The van der Waals surface area contributed by atoms with E-state index < -0.39 is 0 Å². The molecule has 0 saturated carbocycles. The fourth-order valence-corrected chi connectivity index (χ4v) is 1.40. The van der Waals surface area contributed by atoms with Gasteiger partial charge in [0.2, 0.25) is 0 Å². The Morgan fingerprint density at radius 3 is 2.91 bits per heavy atom. The largest absolute Gasteiger partial charge is 0.0614 e. The van der Waals surface area contributed by atoms with Crippen LogP contribution in [0.15, 0.2) is 28.3 Å². The van der Waals surface area contributed by atoms with Crippen LogP contribution in [0.1, 0.15) is 18.1 Å². The zero-order valence-corrected chi connectivity index (χ0v) is 8.71. The molecule has 1 aromatic rings. The van der Waals surface area contributed by atoms with Crippen LogP contribution in [0.25, 0.3) is 6.08 Å². The van der Waals surface area contributed by atoms with Gasteiger partial charge in [-0.25, -0.2) is 0 Å². The lowest BCUT2D eigenvalue weighted by Crippen LogP contribution is -1.79. The van der Waals surface area contributed by atoms with Crippen molar-refractivity contribution in [2.45, 2.75) is 13.3 Å². The van der Waals surface area contributed by atoms with Gasteiger partial charge in [-0.2, -0.15) is 0 Å². The van der Waals surface area contributed by atoms with E-state index in [1.54, 1.807) is 0 Å². The van der Waals surface area contributed by atoms with Gasteiger partial charge in [-0.3, -0.25) is 0 Å². The second-order valence-electron chi connectivity index (χ2n) is 2.39. The number of halogens is 1. The Hall–Kier alpha value is -0.310. The molecule has 11 heavy (non-hydrogen) atoms. The Balaban J connectivity index is 2.91. The molecule has 1 rings (SSSR count). The van der Waals surface area contributed by atoms with Gasteiger partial charge in [0.1, 0.15) is 0 Å². The smallest absolute Gasteiger partial charge is 0.0228 e. The first-order valence-corrected chi connectivity index (χ1v) is 4.97. The van der Waals surface area contributed by atoms with Crippen molar-refractivity contribution in [3.63, 3.8) is 0 Å². The minimum absolute atomic E-state index is 1.11. The maximum absolute atomic E-state index is 2.23. The molecule has 0 N–H and O–H groups in total. The summed E-state index contributed by atoms with van der Waals surface area (Å²) >= 11 is 2.23. The van der Waals surface area contributed by atoms with Crippen LogP contribution in [-0.2, 0) is 6.42 Å². The monoisotopic (exact) mass is 258 g/mol. The number of rotatable bonds is 2. The van der Waals surface area contributed by atoms with Crippen molar-refractivity contribution in [2.24, 2.45) is 0 Å². The van der Waals surface area contributed by atoms with Crippen LogP contribution >= 0.6 is 22.6 Å². The van der Waals surface area contributed by atoms with E-state index in [1.807, 2.05) is 4.08 Å². The van der Waals surface area contributed by atoms with Gasteiger partial charge in [0.15, 0.2) is 0 Å². The molecule has 0 spiro atoms. The Morgan fingerprint density at radius 2 is 2.27 bits per heavy atom. The zero-order chi connectivity index (χ0) is 8.10. The third-order valence-electron chi connectivity index (χ3n) is 1.61. The third kappa shape index (κ3) is 2.66. The first-order valence-electron chi connectivity index (χ1n) is 3.72. The Labute approximate surface area is 81.5 Å². The molecule has 0 heterocycles. The number of benzene rings is 1. The molecule has 0 aliphatic carbocycles. The fraction of sp³-hybridized carbons (Fsp3) is 0.200. The van der Waals surface area contributed by atoms with Crippen molar-refractivity contribution in [3.05, 3.63) is 39.5 Å². The summed E-state index contributed by atoms with van der Waals surface area (Å²) in [4.78, 5) is 0. The summed E-state index contributed by atoms with van der Waals surface area (Å²) in [5, 5.41) is 0. The second kappa shape index (κ2) is 4.54. The highest BCUT2D eigenvalue weighted by molar-refractivity contribution is 14.1. The summed E-state index contributed by atoms with van der Waals surface area (Å²) in [6.07, 6.45) is 3.22. The van der Waals surface area contributed by atoms with Crippen LogP contribution in [0.4, 0.5) is 0 Å². The molecule has 0 aliphatic rings. The standard InChI is InChI=1S/C10H11I/c1-2-9-4-3-5-10(8-9)6-7-11/h3-8H,2H2,1H3/b7-6+. The SMILES string of the molecule is CCc1cccc(/C=C/I)c1. The summed E-state index contributed by atoms with van der Waals surface area (Å²) in [5.74, 6) is 0.